The third-order valence-electron chi connectivity index (χ3n) is 4.23. The van der Waals surface area contributed by atoms with Crippen LogP contribution in [0.3, 0.4) is 0 Å². The van der Waals surface area contributed by atoms with Crippen molar-refractivity contribution < 1.29 is 0 Å². The first-order valence-electron chi connectivity index (χ1n) is 7.57. The zero-order valence-electron chi connectivity index (χ0n) is 12.2. The molecule has 0 saturated heterocycles. The van der Waals surface area contributed by atoms with Crippen molar-refractivity contribution >= 4 is 0 Å². The molecule has 0 aliphatic heterocycles. The molecule has 0 aromatic heterocycles. The summed E-state index contributed by atoms with van der Waals surface area (Å²) in [4.78, 5) is 2.72. The van der Waals surface area contributed by atoms with Gasteiger partial charge in [0.1, 0.15) is 0 Å². The first kappa shape index (κ1) is 13.6. The standard InChI is InChI=1S/C17H27N/c1-4-11-18(12-5-2)16-10-9-15-8-6-7-14(3)17(15)13-16/h6-8,16H,4-5,9-13H2,1-3H3/t16-/m1/s1. The van der Waals surface area contributed by atoms with Crippen LogP contribution in [0.15, 0.2) is 18.2 Å². The molecule has 100 valence electrons. The van der Waals surface area contributed by atoms with Crippen molar-refractivity contribution in [2.24, 2.45) is 0 Å². The zero-order valence-corrected chi connectivity index (χ0v) is 12.2. The minimum absolute atomic E-state index is 0.776. The minimum Gasteiger partial charge on any atom is -0.300 e. The number of fused-ring (bicyclic) bond motifs is 1. The molecule has 1 heteroatoms. The maximum atomic E-state index is 2.72. The average Bonchev–Trinajstić information content (AvgIpc) is 2.39. The van der Waals surface area contributed by atoms with E-state index in [0.717, 1.165) is 6.04 Å². The van der Waals surface area contributed by atoms with Gasteiger partial charge in [-0.25, -0.2) is 0 Å². The van der Waals surface area contributed by atoms with Crippen LogP contribution in [0, 0.1) is 6.92 Å². The van der Waals surface area contributed by atoms with Gasteiger partial charge in [-0.2, -0.15) is 0 Å². The van der Waals surface area contributed by atoms with E-state index in [4.69, 9.17) is 0 Å². The highest BCUT2D eigenvalue weighted by Gasteiger charge is 2.23. The molecule has 2 rings (SSSR count). The Labute approximate surface area is 112 Å². The van der Waals surface area contributed by atoms with Gasteiger partial charge in [-0.15, -0.1) is 0 Å². The van der Waals surface area contributed by atoms with Crippen molar-refractivity contribution in [1.29, 1.82) is 0 Å². The Balaban J connectivity index is 2.12. The predicted molar refractivity (Wildman–Crippen MR) is 79.1 cm³/mol. The molecule has 1 atom stereocenters. The van der Waals surface area contributed by atoms with Gasteiger partial charge >= 0.3 is 0 Å². The van der Waals surface area contributed by atoms with Crippen LogP contribution in [0.5, 0.6) is 0 Å². The fourth-order valence-corrected chi connectivity index (χ4v) is 3.31. The third kappa shape index (κ3) is 2.95. The Morgan fingerprint density at radius 3 is 2.56 bits per heavy atom. The lowest BCUT2D eigenvalue weighted by atomic mass is 9.85. The minimum atomic E-state index is 0.776. The second kappa shape index (κ2) is 6.38. The van der Waals surface area contributed by atoms with E-state index in [1.165, 1.54) is 50.8 Å². The highest BCUT2D eigenvalue weighted by molar-refractivity contribution is 5.37. The van der Waals surface area contributed by atoms with E-state index in [-0.39, 0.29) is 0 Å². The lowest BCUT2D eigenvalue weighted by Gasteiger charge is -2.35. The molecule has 1 aliphatic carbocycles. The van der Waals surface area contributed by atoms with E-state index in [2.05, 4.69) is 43.9 Å². The number of rotatable bonds is 5. The van der Waals surface area contributed by atoms with Crippen LogP contribution in [0.2, 0.25) is 0 Å². The predicted octanol–water partition coefficient (Wildman–Crippen LogP) is 3.97. The number of aryl methyl sites for hydroxylation is 2. The van der Waals surface area contributed by atoms with Gasteiger partial charge in [0.05, 0.1) is 0 Å². The van der Waals surface area contributed by atoms with E-state index in [1.54, 1.807) is 11.1 Å². The van der Waals surface area contributed by atoms with Gasteiger partial charge in [-0.05, 0) is 68.8 Å². The van der Waals surface area contributed by atoms with Gasteiger partial charge < -0.3 is 4.90 Å². The molecular formula is C17H27N. The van der Waals surface area contributed by atoms with Gasteiger partial charge in [-0.3, -0.25) is 0 Å². The smallest absolute Gasteiger partial charge is 0.0139 e. The van der Waals surface area contributed by atoms with Crippen molar-refractivity contribution in [3.05, 3.63) is 34.9 Å². The molecule has 1 aromatic carbocycles. The Morgan fingerprint density at radius 1 is 1.17 bits per heavy atom. The van der Waals surface area contributed by atoms with Crippen molar-refractivity contribution in [3.63, 3.8) is 0 Å². The summed E-state index contributed by atoms with van der Waals surface area (Å²) < 4.78 is 0. The Kier molecular flexibility index (Phi) is 4.82. The Morgan fingerprint density at radius 2 is 1.89 bits per heavy atom. The van der Waals surface area contributed by atoms with Crippen molar-refractivity contribution in [3.8, 4) is 0 Å². The summed E-state index contributed by atoms with van der Waals surface area (Å²) in [6.07, 6.45) is 6.43. The van der Waals surface area contributed by atoms with Crippen molar-refractivity contribution in [2.45, 2.75) is 58.9 Å². The van der Waals surface area contributed by atoms with E-state index >= 15 is 0 Å². The summed E-state index contributed by atoms with van der Waals surface area (Å²) in [7, 11) is 0. The normalized spacial score (nSPS) is 19.0. The SMILES string of the molecule is CCCN(CCC)[C@@H]1CCc2cccc(C)c2C1. The quantitative estimate of drug-likeness (QED) is 0.758. The van der Waals surface area contributed by atoms with Gasteiger partial charge in [0.15, 0.2) is 0 Å². The van der Waals surface area contributed by atoms with E-state index < -0.39 is 0 Å². The largest absolute Gasteiger partial charge is 0.300 e. The second-order valence-electron chi connectivity index (χ2n) is 5.65. The molecule has 1 nitrogen and oxygen atoms in total. The fourth-order valence-electron chi connectivity index (χ4n) is 3.31. The molecule has 0 fully saturated rings. The first-order valence-corrected chi connectivity index (χ1v) is 7.57. The van der Waals surface area contributed by atoms with Crippen LogP contribution >= 0.6 is 0 Å². The van der Waals surface area contributed by atoms with Gasteiger partial charge in [0.25, 0.3) is 0 Å². The Bertz CT molecular complexity index is 377. The summed E-state index contributed by atoms with van der Waals surface area (Å²) in [5.74, 6) is 0. The molecule has 0 radical (unpaired) electrons. The second-order valence-corrected chi connectivity index (χ2v) is 5.65. The van der Waals surface area contributed by atoms with Crippen LogP contribution in [-0.2, 0) is 12.8 Å². The summed E-state index contributed by atoms with van der Waals surface area (Å²) in [6, 6.07) is 7.58. The van der Waals surface area contributed by atoms with Crippen LogP contribution in [0.4, 0.5) is 0 Å². The number of benzene rings is 1. The monoisotopic (exact) mass is 245 g/mol. The average molecular weight is 245 g/mol. The highest BCUT2D eigenvalue weighted by atomic mass is 15.1. The lowest BCUT2D eigenvalue weighted by Crippen LogP contribution is -2.40. The molecule has 0 spiro atoms. The van der Waals surface area contributed by atoms with Crippen molar-refractivity contribution in [2.75, 3.05) is 13.1 Å². The highest BCUT2D eigenvalue weighted by Crippen LogP contribution is 2.27. The number of hydrogen-bond donors (Lipinski definition) is 0. The van der Waals surface area contributed by atoms with E-state index in [1.807, 2.05) is 0 Å². The maximum absolute atomic E-state index is 2.72. The summed E-state index contributed by atoms with van der Waals surface area (Å²) in [6.45, 7) is 9.39. The van der Waals surface area contributed by atoms with Crippen LogP contribution in [0.25, 0.3) is 0 Å². The molecule has 1 aliphatic rings. The molecule has 0 N–H and O–H groups in total. The van der Waals surface area contributed by atoms with E-state index in [0.29, 0.717) is 0 Å². The lowest BCUT2D eigenvalue weighted by molar-refractivity contribution is 0.180. The first-order chi connectivity index (χ1) is 8.76. The summed E-state index contributed by atoms with van der Waals surface area (Å²) >= 11 is 0. The van der Waals surface area contributed by atoms with Crippen LogP contribution in [-0.4, -0.2) is 24.0 Å². The van der Waals surface area contributed by atoms with E-state index in [9.17, 15) is 0 Å². The van der Waals surface area contributed by atoms with Crippen molar-refractivity contribution in [1.82, 2.24) is 4.90 Å². The number of hydrogen-bond acceptors (Lipinski definition) is 1. The molecule has 0 amide bonds. The maximum Gasteiger partial charge on any atom is 0.0139 e. The number of nitrogens with zero attached hydrogens (tertiary/aromatic N) is 1. The molecule has 0 saturated carbocycles. The molecular weight excluding hydrogens is 218 g/mol. The molecule has 0 bridgehead atoms. The molecule has 0 unspecified atom stereocenters. The molecule has 0 heterocycles. The molecule has 18 heavy (non-hydrogen) atoms. The van der Waals surface area contributed by atoms with Crippen LogP contribution in [0.1, 0.15) is 49.8 Å². The zero-order chi connectivity index (χ0) is 13.0. The molecule has 1 aromatic rings. The Hall–Kier alpha value is -0.820. The third-order valence-corrected chi connectivity index (χ3v) is 4.23. The van der Waals surface area contributed by atoms with Crippen LogP contribution < -0.4 is 0 Å². The van der Waals surface area contributed by atoms with Gasteiger partial charge in [0, 0.05) is 6.04 Å². The van der Waals surface area contributed by atoms with Gasteiger partial charge in [-0.1, -0.05) is 32.0 Å². The summed E-state index contributed by atoms with van der Waals surface area (Å²) in [5.41, 5.74) is 4.72. The topological polar surface area (TPSA) is 3.24 Å². The fraction of sp³-hybridized carbons (Fsp3) is 0.647. The van der Waals surface area contributed by atoms with Gasteiger partial charge in [0.2, 0.25) is 0 Å². The summed E-state index contributed by atoms with van der Waals surface area (Å²) in [5, 5.41) is 0.